The first-order valence-electron chi connectivity index (χ1n) is 8.46. The Morgan fingerprint density at radius 1 is 0.440 bits per heavy atom. The van der Waals surface area contributed by atoms with Gasteiger partial charge in [0.05, 0.1) is 0 Å². The molecule has 0 aliphatic heterocycles. The molecule has 1 aliphatic carbocycles. The Bertz CT molecular complexity index is 742. The zero-order chi connectivity index (χ0) is 17.2. The second-order valence-electron chi connectivity index (χ2n) is 5.67. The third kappa shape index (κ3) is 4.89. The summed E-state index contributed by atoms with van der Waals surface area (Å²) in [6.45, 7) is 0. The lowest BCUT2D eigenvalue weighted by Crippen LogP contribution is -1.77. The molecule has 0 saturated carbocycles. The average Bonchev–Trinajstić information content (AvgIpc) is 3.10. The third-order valence-corrected chi connectivity index (χ3v) is 3.94. The van der Waals surface area contributed by atoms with Gasteiger partial charge in [0.25, 0.3) is 0 Å². The molecule has 0 amide bonds. The number of benzene rings is 3. The minimum absolute atomic E-state index is 1.10. The molecule has 1 nitrogen and oxygen atoms in total. The molecule has 4 aromatic rings. The summed E-state index contributed by atoms with van der Waals surface area (Å²) < 4.78 is 0. The van der Waals surface area contributed by atoms with Crippen molar-refractivity contribution in [1.29, 1.82) is 0 Å². The van der Waals surface area contributed by atoms with Crippen LogP contribution >= 0.6 is 0 Å². The number of nitrogens with zero attached hydrogens (tertiary/aromatic N) is 1. The summed E-state index contributed by atoms with van der Waals surface area (Å²) in [7, 11) is 0. The molecule has 1 heterocycles. The first-order valence-corrected chi connectivity index (χ1v) is 8.46. The standard InChI is InChI=1S/C13H10.C6H6.C5H5N/c1-3-7-12-10(5-1)9-11-6-2-4-8-13(11)12;2*1-2-4-6-5-3-1/h1-8H,9H2;1-6H;1-5H. The van der Waals surface area contributed by atoms with Gasteiger partial charge in [-0.3, -0.25) is 4.98 Å². The van der Waals surface area contributed by atoms with E-state index in [0.29, 0.717) is 0 Å². The van der Waals surface area contributed by atoms with Crippen molar-refractivity contribution in [1.82, 2.24) is 4.98 Å². The molecule has 122 valence electrons. The summed E-state index contributed by atoms with van der Waals surface area (Å²) in [6, 6.07) is 35.0. The van der Waals surface area contributed by atoms with Crippen LogP contribution in [0.1, 0.15) is 11.1 Å². The zero-order valence-electron chi connectivity index (χ0n) is 14.1. The highest BCUT2D eigenvalue weighted by Crippen LogP contribution is 2.35. The lowest BCUT2D eigenvalue weighted by atomic mass is 10.1. The summed E-state index contributed by atoms with van der Waals surface area (Å²) in [5.41, 5.74) is 5.75. The monoisotopic (exact) mass is 323 g/mol. The van der Waals surface area contributed by atoms with Crippen LogP contribution in [-0.4, -0.2) is 4.98 Å². The van der Waals surface area contributed by atoms with Crippen LogP contribution in [-0.2, 0) is 6.42 Å². The highest BCUT2D eigenvalue weighted by molar-refractivity contribution is 5.76. The molecule has 25 heavy (non-hydrogen) atoms. The van der Waals surface area contributed by atoms with E-state index in [2.05, 4.69) is 53.5 Å². The summed E-state index contributed by atoms with van der Waals surface area (Å²) >= 11 is 0. The van der Waals surface area contributed by atoms with E-state index < -0.39 is 0 Å². The van der Waals surface area contributed by atoms with Gasteiger partial charge in [-0.25, -0.2) is 0 Å². The van der Waals surface area contributed by atoms with Crippen molar-refractivity contribution in [3.8, 4) is 11.1 Å². The SMILES string of the molecule is c1ccc2c(c1)Cc1ccccc1-2.c1ccccc1.c1ccncc1. The molecule has 0 atom stereocenters. The van der Waals surface area contributed by atoms with Gasteiger partial charge in [0, 0.05) is 12.4 Å². The summed E-state index contributed by atoms with van der Waals surface area (Å²) in [4.78, 5) is 3.78. The van der Waals surface area contributed by atoms with Gasteiger partial charge in [-0.05, 0) is 40.8 Å². The predicted octanol–water partition coefficient (Wildman–Crippen LogP) is 6.03. The molecule has 0 spiro atoms. The van der Waals surface area contributed by atoms with Gasteiger partial charge >= 0.3 is 0 Å². The molecule has 0 bridgehead atoms. The summed E-state index contributed by atoms with van der Waals surface area (Å²) in [5, 5.41) is 0. The quantitative estimate of drug-likeness (QED) is 0.339. The fourth-order valence-electron chi connectivity index (χ4n) is 2.78. The molecule has 1 aromatic heterocycles. The van der Waals surface area contributed by atoms with E-state index in [9.17, 15) is 0 Å². The Hall–Kier alpha value is -3.19. The fraction of sp³-hybridized carbons (Fsp3) is 0.0417. The van der Waals surface area contributed by atoms with Crippen LogP contribution in [0.5, 0.6) is 0 Å². The van der Waals surface area contributed by atoms with E-state index >= 15 is 0 Å². The molecule has 0 saturated heterocycles. The number of aromatic nitrogens is 1. The Morgan fingerprint density at radius 3 is 1.20 bits per heavy atom. The van der Waals surface area contributed by atoms with Crippen LogP contribution in [0, 0.1) is 0 Å². The number of hydrogen-bond donors (Lipinski definition) is 0. The van der Waals surface area contributed by atoms with Crippen LogP contribution in [0.25, 0.3) is 11.1 Å². The highest BCUT2D eigenvalue weighted by Gasteiger charge is 2.15. The normalized spacial score (nSPS) is 10.2. The van der Waals surface area contributed by atoms with Gasteiger partial charge in [-0.2, -0.15) is 0 Å². The number of rotatable bonds is 0. The van der Waals surface area contributed by atoms with E-state index in [4.69, 9.17) is 0 Å². The first-order chi connectivity index (χ1) is 12.4. The molecule has 1 heteroatoms. The number of hydrogen-bond acceptors (Lipinski definition) is 1. The van der Waals surface area contributed by atoms with E-state index in [1.165, 1.54) is 22.3 Å². The fourth-order valence-corrected chi connectivity index (χ4v) is 2.78. The molecular weight excluding hydrogens is 302 g/mol. The van der Waals surface area contributed by atoms with Crippen molar-refractivity contribution in [2.75, 3.05) is 0 Å². The van der Waals surface area contributed by atoms with Crippen LogP contribution < -0.4 is 0 Å². The minimum Gasteiger partial charge on any atom is -0.265 e. The maximum absolute atomic E-state index is 3.78. The third-order valence-electron chi connectivity index (χ3n) is 3.94. The van der Waals surface area contributed by atoms with Gasteiger partial charge in [0.15, 0.2) is 0 Å². The average molecular weight is 323 g/mol. The largest absolute Gasteiger partial charge is 0.265 e. The number of fused-ring (bicyclic) bond motifs is 3. The molecular formula is C24H21N. The summed E-state index contributed by atoms with van der Waals surface area (Å²) in [5.74, 6) is 0. The Kier molecular flexibility index (Phi) is 6.12. The Labute approximate surface area is 149 Å². The van der Waals surface area contributed by atoms with E-state index in [0.717, 1.165) is 6.42 Å². The molecule has 5 rings (SSSR count). The van der Waals surface area contributed by atoms with Crippen LogP contribution in [0.3, 0.4) is 0 Å². The molecule has 0 radical (unpaired) electrons. The van der Waals surface area contributed by atoms with Crippen molar-refractivity contribution in [3.63, 3.8) is 0 Å². The molecule has 3 aromatic carbocycles. The maximum atomic E-state index is 3.78. The summed E-state index contributed by atoms with van der Waals surface area (Å²) in [6.07, 6.45) is 4.60. The van der Waals surface area contributed by atoms with Gasteiger partial charge in [0.1, 0.15) is 0 Å². The van der Waals surface area contributed by atoms with Crippen LogP contribution in [0.15, 0.2) is 116 Å². The van der Waals surface area contributed by atoms with E-state index in [-0.39, 0.29) is 0 Å². The lowest BCUT2D eigenvalue weighted by Gasteiger charge is -1.98. The molecule has 0 fully saturated rings. The predicted molar refractivity (Wildman–Crippen MR) is 105 cm³/mol. The Morgan fingerprint density at radius 2 is 0.840 bits per heavy atom. The van der Waals surface area contributed by atoms with E-state index in [1.54, 1.807) is 12.4 Å². The van der Waals surface area contributed by atoms with Crippen molar-refractivity contribution in [2.24, 2.45) is 0 Å². The zero-order valence-corrected chi connectivity index (χ0v) is 14.1. The first kappa shape index (κ1) is 16.7. The number of pyridine rings is 1. The topological polar surface area (TPSA) is 12.9 Å². The van der Waals surface area contributed by atoms with Crippen molar-refractivity contribution in [2.45, 2.75) is 6.42 Å². The van der Waals surface area contributed by atoms with Crippen molar-refractivity contribution < 1.29 is 0 Å². The lowest BCUT2D eigenvalue weighted by molar-refractivity contribution is 1.26. The molecule has 1 aliphatic rings. The smallest absolute Gasteiger partial charge is 0.0267 e. The van der Waals surface area contributed by atoms with Gasteiger partial charge in [0.2, 0.25) is 0 Å². The van der Waals surface area contributed by atoms with Crippen LogP contribution in [0.2, 0.25) is 0 Å². The van der Waals surface area contributed by atoms with Crippen molar-refractivity contribution >= 4 is 0 Å². The van der Waals surface area contributed by atoms with Gasteiger partial charge in [-0.1, -0.05) is 91.0 Å². The molecule has 0 unspecified atom stereocenters. The van der Waals surface area contributed by atoms with E-state index in [1.807, 2.05) is 54.6 Å². The van der Waals surface area contributed by atoms with Gasteiger partial charge in [-0.15, -0.1) is 0 Å². The van der Waals surface area contributed by atoms with Crippen molar-refractivity contribution in [3.05, 3.63) is 127 Å². The second kappa shape index (κ2) is 9.19. The Balaban J connectivity index is 0.000000127. The minimum atomic E-state index is 1.10. The second-order valence-corrected chi connectivity index (χ2v) is 5.67. The molecule has 0 N–H and O–H groups in total. The maximum Gasteiger partial charge on any atom is 0.0267 e. The highest BCUT2D eigenvalue weighted by atomic mass is 14.6. The van der Waals surface area contributed by atoms with Gasteiger partial charge < -0.3 is 0 Å². The van der Waals surface area contributed by atoms with Crippen LogP contribution in [0.4, 0.5) is 0 Å².